The second-order valence-corrected chi connectivity index (χ2v) is 5.31. The van der Waals surface area contributed by atoms with Crippen molar-refractivity contribution in [2.45, 2.75) is 78.2 Å². The van der Waals surface area contributed by atoms with Gasteiger partial charge in [0.2, 0.25) is 0 Å². The van der Waals surface area contributed by atoms with Crippen LogP contribution in [-0.2, 0) is 0 Å². The third kappa shape index (κ3) is 3.17. The van der Waals surface area contributed by atoms with Gasteiger partial charge in [-0.25, -0.2) is 0 Å². The molecule has 2 unspecified atom stereocenters. The quantitative estimate of drug-likeness (QED) is 0.681. The molecule has 0 radical (unpaired) electrons. The van der Waals surface area contributed by atoms with Crippen LogP contribution < -0.4 is 5.32 Å². The van der Waals surface area contributed by atoms with Crippen LogP contribution >= 0.6 is 0 Å². The van der Waals surface area contributed by atoms with Gasteiger partial charge in [-0.1, -0.05) is 13.8 Å². The van der Waals surface area contributed by atoms with Crippen molar-refractivity contribution in [2.75, 3.05) is 0 Å². The summed E-state index contributed by atoms with van der Waals surface area (Å²) < 4.78 is 0. The fourth-order valence-corrected chi connectivity index (χ4v) is 2.22. The molecule has 0 saturated carbocycles. The summed E-state index contributed by atoms with van der Waals surface area (Å²) in [5.41, 5.74) is -0.774. The highest BCUT2D eigenvalue weighted by molar-refractivity contribution is 5.04. The molecule has 1 fully saturated rings. The second-order valence-electron chi connectivity index (χ2n) is 5.31. The molecular formula is C12H28N2O2. The third-order valence-electron chi connectivity index (χ3n) is 3.03. The van der Waals surface area contributed by atoms with Crippen molar-refractivity contribution in [3.8, 4) is 0 Å². The number of nitrogens with zero attached hydrogens (tertiary/aromatic N) is 1. The van der Waals surface area contributed by atoms with Crippen LogP contribution in [0.25, 0.3) is 0 Å². The fraction of sp³-hybridized carbons (Fsp3) is 1.00. The molecule has 0 amide bonds. The SMILES string of the molecule is CC.CC(O)CC1NC(C)(C)N(O)C1(C)C. The van der Waals surface area contributed by atoms with E-state index in [2.05, 4.69) is 5.32 Å². The summed E-state index contributed by atoms with van der Waals surface area (Å²) in [6.07, 6.45) is 0.294. The molecule has 1 rings (SSSR count). The van der Waals surface area contributed by atoms with E-state index in [9.17, 15) is 10.3 Å². The number of hydrogen-bond acceptors (Lipinski definition) is 4. The first kappa shape index (κ1) is 15.8. The van der Waals surface area contributed by atoms with Crippen LogP contribution in [0.3, 0.4) is 0 Å². The second kappa shape index (κ2) is 5.45. The molecule has 1 saturated heterocycles. The van der Waals surface area contributed by atoms with Crippen molar-refractivity contribution in [3.63, 3.8) is 0 Å². The Labute approximate surface area is 99.6 Å². The van der Waals surface area contributed by atoms with Crippen LogP contribution in [0.1, 0.15) is 54.9 Å². The largest absolute Gasteiger partial charge is 0.393 e. The first-order chi connectivity index (χ1) is 7.18. The Balaban J connectivity index is 0.00000106. The molecule has 0 aromatic rings. The molecule has 98 valence electrons. The Hall–Kier alpha value is -0.160. The van der Waals surface area contributed by atoms with Crippen molar-refractivity contribution in [2.24, 2.45) is 0 Å². The van der Waals surface area contributed by atoms with Crippen molar-refractivity contribution < 1.29 is 10.3 Å². The minimum Gasteiger partial charge on any atom is -0.393 e. The van der Waals surface area contributed by atoms with Gasteiger partial charge < -0.3 is 10.3 Å². The summed E-state index contributed by atoms with van der Waals surface area (Å²) in [6.45, 7) is 13.6. The highest BCUT2D eigenvalue weighted by Gasteiger charge is 2.50. The van der Waals surface area contributed by atoms with Crippen LogP contribution in [0.5, 0.6) is 0 Å². The zero-order valence-electron chi connectivity index (χ0n) is 11.7. The molecule has 4 nitrogen and oxygen atoms in total. The van der Waals surface area contributed by atoms with Crippen LogP contribution in [-0.4, -0.2) is 38.7 Å². The zero-order valence-corrected chi connectivity index (χ0v) is 11.7. The zero-order chi connectivity index (χ0) is 13.1. The monoisotopic (exact) mass is 232 g/mol. The molecule has 0 aromatic heterocycles. The molecule has 1 aliphatic heterocycles. The average Bonchev–Trinajstić information content (AvgIpc) is 2.30. The van der Waals surface area contributed by atoms with Gasteiger partial charge in [-0.05, 0) is 41.0 Å². The van der Waals surface area contributed by atoms with Gasteiger partial charge in [0.05, 0.1) is 17.3 Å². The maximum Gasteiger partial charge on any atom is 0.0903 e. The smallest absolute Gasteiger partial charge is 0.0903 e. The number of aliphatic hydroxyl groups is 1. The first-order valence-corrected chi connectivity index (χ1v) is 6.13. The van der Waals surface area contributed by atoms with Crippen LogP contribution in [0, 0.1) is 0 Å². The number of hydrogen-bond donors (Lipinski definition) is 3. The third-order valence-corrected chi connectivity index (χ3v) is 3.03. The lowest BCUT2D eigenvalue weighted by Gasteiger charge is -2.34. The van der Waals surface area contributed by atoms with Gasteiger partial charge in [0.25, 0.3) is 0 Å². The summed E-state index contributed by atoms with van der Waals surface area (Å²) in [5.74, 6) is 0. The first-order valence-electron chi connectivity index (χ1n) is 6.13. The molecule has 0 spiro atoms. The van der Waals surface area contributed by atoms with E-state index in [0.29, 0.717) is 6.42 Å². The van der Waals surface area contributed by atoms with E-state index in [-0.39, 0.29) is 17.7 Å². The Kier molecular flexibility index (Phi) is 5.39. The standard InChI is InChI=1S/C10H22N2O2.C2H6/c1-7(13)6-8-9(2,3)12(14)10(4,5)11-8;1-2/h7-8,11,13-14H,6H2,1-5H3;1-2H3. The Morgan fingerprint density at radius 1 is 1.25 bits per heavy atom. The number of aliphatic hydroxyl groups excluding tert-OH is 1. The lowest BCUT2D eigenvalue weighted by atomic mass is 9.92. The van der Waals surface area contributed by atoms with Gasteiger partial charge in [0, 0.05) is 6.04 Å². The van der Waals surface area contributed by atoms with Crippen LogP contribution in [0.4, 0.5) is 0 Å². The lowest BCUT2D eigenvalue weighted by molar-refractivity contribution is -0.196. The molecule has 0 aromatic carbocycles. The summed E-state index contributed by atoms with van der Waals surface area (Å²) in [7, 11) is 0. The number of hydroxylamine groups is 2. The molecule has 16 heavy (non-hydrogen) atoms. The highest BCUT2D eigenvalue weighted by atomic mass is 16.5. The molecule has 0 aliphatic carbocycles. The van der Waals surface area contributed by atoms with Gasteiger partial charge in [0.1, 0.15) is 0 Å². The van der Waals surface area contributed by atoms with Gasteiger partial charge in [-0.15, -0.1) is 0 Å². The van der Waals surface area contributed by atoms with Gasteiger partial charge in [-0.2, -0.15) is 5.06 Å². The fourth-order valence-electron chi connectivity index (χ4n) is 2.22. The van der Waals surface area contributed by atoms with Crippen LogP contribution in [0.2, 0.25) is 0 Å². The predicted molar refractivity (Wildman–Crippen MR) is 66.4 cm³/mol. The molecule has 1 heterocycles. The maximum absolute atomic E-state index is 9.96. The van der Waals surface area contributed by atoms with E-state index < -0.39 is 5.66 Å². The van der Waals surface area contributed by atoms with E-state index in [1.165, 1.54) is 5.06 Å². The minimum atomic E-state index is -0.428. The van der Waals surface area contributed by atoms with Crippen molar-refractivity contribution in [1.82, 2.24) is 10.4 Å². The molecular weight excluding hydrogens is 204 g/mol. The Bertz CT molecular complexity index is 215. The van der Waals surface area contributed by atoms with Crippen molar-refractivity contribution in [1.29, 1.82) is 0 Å². The number of rotatable bonds is 2. The Morgan fingerprint density at radius 3 is 1.94 bits per heavy atom. The van der Waals surface area contributed by atoms with Crippen molar-refractivity contribution >= 4 is 0 Å². The number of nitrogens with one attached hydrogen (secondary N) is 1. The summed E-state index contributed by atoms with van der Waals surface area (Å²) >= 11 is 0. The van der Waals surface area contributed by atoms with Crippen molar-refractivity contribution in [3.05, 3.63) is 0 Å². The van der Waals surface area contributed by atoms with Crippen LogP contribution in [0.15, 0.2) is 0 Å². The lowest BCUT2D eigenvalue weighted by Crippen LogP contribution is -2.49. The molecule has 2 atom stereocenters. The average molecular weight is 232 g/mol. The summed E-state index contributed by atoms with van der Waals surface area (Å²) in [4.78, 5) is 0. The van der Waals surface area contributed by atoms with E-state index in [1.54, 1.807) is 6.92 Å². The van der Waals surface area contributed by atoms with E-state index in [1.807, 2.05) is 41.5 Å². The van der Waals surface area contributed by atoms with E-state index in [0.717, 1.165) is 0 Å². The minimum absolute atomic E-state index is 0.0995. The highest BCUT2D eigenvalue weighted by Crippen LogP contribution is 2.34. The summed E-state index contributed by atoms with van der Waals surface area (Å²) in [6, 6.07) is 0.0995. The molecule has 0 bridgehead atoms. The van der Waals surface area contributed by atoms with Gasteiger partial charge in [0.15, 0.2) is 0 Å². The van der Waals surface area contributed by atoms with Gasteiger partial charge in [-0.3, -0.25) is 5.32 Å². The van der Waals surface area contributed by atoms with E-state index in [4.69, 9.17) is 0 Å². The molecule has 3 N–H and O–H groups in total. The summed E-state index contributed by atoms with van der Waals surface area (Å²) in [5, 5.41) is 24.0. The topological polar surface area (TPSA) is 55.7 Å². The normalized spacial score (nSPS) is 29.4. The van der Waals surface area contributed by atoms with Gasteiger partial charge >= 0.3 is 0 Å². The molecule has 4 heteroatoms. The maximum atomic E-state index is 9.96. The Morgan fingerprint density at radius 2 is 1.69 bits per heavy atom. The van der Waals surface area contributed by atoms with E-state index >= 15 is 0 Å². The predicted octanol–water partition coefficient (Wildman–Crippen LogP) is 1.96. The molecule has 1 aliphatic rings.